The fraction of sp³-hybridized carbons (Fsp3) is 0.111. The Morgan fingerprint density at radius 1 is 1.17 bits per heavy atom. The van der Waals surface area contributed by atoms with Crippen molar-refractivity contribution in [2.24, 2.45) is 0 Å². The van der Waals surface area contributed by atoms with Crippen LogP contribution in [0.4, 0.5) is 5.69 Å². The number of aryl methyl sites for hydroxylation is 1. The van der Waals surface area contributed by atoms with Gasteiger partial charge in [0.05, 0.1) is 17.8 Å². The van der Waals surface area contributed by atoms with Gasteiger partial charge in [-0.1, -0.05) is 45.8 Å². The first kappa shape index (κ1) is 17.3. The highest BCUT2D eigenvalue weighted by Gasteiger charge is 2.11. The molecule has 0 unspecified atom stereocenters. The summed E-state index contributed by atoms with van der Waals surface area (Å²) in [5.41, 5.74) is 3.82. The highest BCUT2D eigenvalue weighted by atomic mass is 79.9. The van der Waals surface area contributed by atoms with E-state index >= 15 is 0 Å². The molecule has 3 nitrogen and oxygen atoms in total. The Bertz CT molecular complexity index is 875. The highest BCUT2D eigenvalue weighted by Crippen LogP contribution is 2.27. The lowest BCUT2D eigenvalue weighted by atomic mass is 10.2. The van der Waals surface area contributed by atoms with E-state index in [0.717, 1.165) is 30.9 Å². The van der Waals surface area contributed by atoms with E-state index < -0.39 is 0 Å². The number of carbonyl (C=O) groups is 1. The van der Waals surface area contributed by atoms with Crippen molar-refractivity contribution in [2.45, 2.75) is 13.3 Å². The summed E-state index contributed by atoms with van der Waals surface area (Å²) in [6, 6.07) is 13.9. The van der Waals surface area contributed by atoms with Gasteiger partial charge >= 0.3 is 0 Å². The molecule has 0 aliphatic heterocycles. The molecular formula is C18H14Br2N2OS. The van der Waals surface area contributed by atoms with Crippen LogP contribution in [0.3, 0.4) is 0 Å². The van der Waals surface area contributed by atoms with E-state index in [9.17, 15) is 4.79 Å². The fourth-order valence-corrected chi connectivity index (χ4v) is 4.14. The van der Waals surface area contributed by atoms with Crippen LogP contribution in [0.25, 0.3) is 10.6 Å². The maximum Gasteiger partial charge on any atom is 0.230 e. The minimum atomic E-state index is -0.0845. The van der Waals surface area contributed by atoms with Gasteiger partial charge in [-0.05, 0) is 41.1 Å². The summed E-state index contributed by atoms with van der Waals surface area (Å²) < 4.78 is 1.79. The highest BCUT2D eigenvalue weighted by molar-refractivity contribution is 9.11. The van der Waals surface area contributed by atoms with Gasteiger partial charge in [0.2, 0.25) is 5.91 Å². The molecule has 0 fully saturated rings. The van der Waals surface area contributed by atoms with Gasteiger partial charge in [-0.2, -0.15) is 0 Å². The summed E-state index contributed by atoms with van der Waals surface area (Å²) in [6.07, 6.45) is 0.255. The van der Waals surface area contributed by atoms with Crippen molar-refractivity contribution < 1.29 is 4.79 Å². The molecule has 1 N–H and O–H groups in total. The van der Waals surface area contributed by atoms with Crippen LogP contribution < -0.4 is 5.32 Å². The van der Waals surface area contributed by atoms with Gasteiger partial charge in [-0.3, -0.25) is 4.79 Å². The molecule has 0 atom stereocenters. The lowest BCUT2D eigenvalue weighted by Gasteiger charge is -2.06. The van der Waals surface area contributed by atoms with E-state index in [1.54, 1.807) is 11.3 Å². The molecule has 6 heteroatoms. The molecule has 1 aromatic heterocycles. The zero-order chi connectivity index (χ0) is 17.1. The van der Waals surface area contributed by atoms with Crippen LogP contribution in [0.1, 0.15) is 11.3 Å². The third-order valence-corrected chi connectivity index (χ3v) is 5.49. The Morgan fingerprint density at radius 3 is 2.62 bits per heavy atom. The van der Waals surface area contributed by atoms with Crippen LogP contribution in [-0.2, 0) is 11.2 Å². The predicted molar refractivity (Wildman–Crippen MR) is 106 cm³/mol. The number of amides is 1. The number of halogens is 2. The number of aromatic nitrogens is 1. The molecule has 1 heterocycles. The van der Waals surface area contributed by atoms with Crippen molar-refractivity contribution >= 4 is 54.8 Å². The molecule has 0 saturated heterocycles. The average molecular weight is 466 g/mol. The second-order valence-corrected chi connectivity index (χ2v) is 7.99. The molecular weight excluding hydrogens is 452 g/mol. The van der Waals surface area contributed by atoms with E-state index in [1.807, 2.05) is 23.6 Å². The summed E-state index contributed by atoms with van der Waals surface area (Å²) in [7, 11) is 0. The first-order chi connectivity index (χ1) is 11.5. The maximum atomic E-state index is 12.2. The van der Waals surface area contributed by atoms with Crippen LogP contribution >= 0.6 is 43.2 Å². The first-order valence-corrected chi connectivity index (χ1v) is 9.74. The van der Waals surface area contributed by atoms with Crippen LogP contribution in [0.2, 0.25) is 0 Å². The number of anilines is 1. The van der Waals surface area contributed by atoms with Crippen LogP contribution in [-0.4, -0.2) is 10.9 Å². The number of nitrogens with one attached hydrogen (secondary N) is 1. The topological polar surface area (TPSA) is 42.0 Å². The van der Waals surface area contributed by atoms with E-state index in [2.05, 4.69) is 73.3 Å². The largest absolute Gasteiger partial charge is 0.325 e. The number of benzene rings is 2. The fourth-order valence-electron chi connectivity index (χ4n) is 2.17. The summed E-state index contributed by atoms with van der Waals surface area (Å²) in [5.74, 6) is -0.0845. The van der Waals surface area contributed by atoms with Gasteiger partial charge in [0, 0.05) is 19.9 Å². The quantitative estimate of drug-likeness (QED) is 0.527. The van der Waals surface area contributed by atoms with Gasteiger partial charge in [-0.25, -0.2) is 4.98 Å². The molecule has 122 valence electrons. The van der Waals surface area contributed by atoms with Crippen LogP contribution in [0.5, 0.6) is 0 Å². The van der Waals surface area contributed by atoms with Gasteiger partial charge in [0.1, 0.15) is 5.01 Å². The molecule has 0 saturated carbocycles. The van der Waals surface area contributed by atoms with E-state index in [0.29, 0.717) is 0 Å². The molecule has 3 rings (SSSR count). The Morgan fingerprint density at radius 2 is 1.92 bits per heavy atom. The normalized spacial score (nSPS) is 10.6. The molecule has 0 spiro atoms. The minimum absolute atomic E-state index is 0.0845. The van der Waals surface area contributed by atoms with Crippen molar-refractivity contribution in [1.29, 1.82) is 0 Å². The number of hydrogen-bond acceptors (Lipinski definition) is 3. The number of rotatable bonds is 4. The lowest BCUT2D eigenvalue weighted by molar-refractivity contribution is -0.115. The smallest absolute Gasteiger partial charge is 0.230 e. The number of hydrogen-bond donors (Lipinski definition) is 1. The number of carbonyl (C=O) groups excluding carboxylic acids is 1. The molecule has 0 bridgehead atoms. The monoisotopic (exact) mass is 464 g/mol. The predicted octanol–water partition coefficient (Wildman–Crippen LogP) is 5.82. The van der Waals surface area contributed by atoms with Gasteiger partial charge in [-0.15, -0.1) is 11.3 Å². The summed E-state index contributed by atoms with van der Waals surface area (Å²) in [4.78, 5) is 16.8. The number of thiazole rings is 1. The minimum Gasteiger partial charge on any atom is -0.325 e. The van der Waals surface area contributed by atoms with Gasteiger partial charge < -0.3 is 5.32 Å². The molecule has 0 radical (unpaired) electrons. The number of nitrogens with zero attached hydrogens (tertiary/aromatic N) is 1. The lowest BCUT2D eigenvalue weighted by Crippen LogP contribution is -2.14. The Kier molecular flexibility index (Phi) is 5.48. The molecule has 24 heavy (non-hydrogen) atoms. The van der Waals surface area contributed by atoms with Crippen LogP contribution in [0, 0.1) is 6.92 Å². The summed E-state index contributed by atoms with van der Waals surface area (Å²) >= 11 is 8.39. The maximum absolute atomic E-state index is 12.2. The second kappa shape index (κ2) is 7.59. The van der Waals surface area contributed by atoms with Crippen molar-refractivity contribution in [1.82, 2.24) is 4.98 Å². The summed E-state index contributed by atoms with van der Waals surface area (Å²) in [6.45, 7) is 2.06. The van der Waals surface area contributed by atoms with Crippen molar-refractivity contribution in [3.63, 3.8) is 0 Å². The van der Waals surface area contributed by atoms with Crippen molar-refractivity contribution in [3.05, 3.63) is 68.0 Å². The van der Waals surface area contributed by atoms with E-state index in [4.69, 9.17) is 0 Å². The molecule has 2 aromatic carbocycles. The van der Waals surface area contributed by atoms with E-state index in [1.165, 1.54) is 5.56 Å². The van der Waals surface area contributed by atoms with Gasteiger partial charge in [0.25, 0.3) is 0 Å². The van der Waals surface area contributed by atoms with Crippen LogP contribution in [0.15, 0.2) is 56.8 Å². The zero-order valence-electron chi connectivity index (χ0n) is 12.8. The second-order valence-electron chi connectivity index (χ2n) is 5.36. The SMILES string of the molecule is Cc1ccc(-c2nc(CC(=O)Nc3ccc(Br)cc3Br)cs2)cc1. The molecule has 3 aromatic rings. The van der Waals surface area contributed by atoms with Crippen molar-refractivity contribution in [2.75, 3.05) is 5.32 Å². The Hall–Kier alpha value is -1.50. The molecule has 0 aliphatic carbocycles. The standard InChI is InChI=1S/C18H14Br2N2OS/c1-11-2-4-12(5-3-11)18-21-14(10-24-18)9-17(23)22-16-7-6-13(19)8-15(16)20/h2-8,10H,9H2,1H3,(H,22,23). The summed E-state index contributed by atoms with van der Waals surface area (Å²) in [5, 5.41) is 5.77. The Balaban J connectivity index is 1.68. The first-order valence-electron chi connectivity index (χ1n) is 7.27. The molecule has 1 amide bonds. The molecule has 0 aliphatic rings. The third kappa shape index (κ3) is 4.32. The van der Waals surface area contributed by atoms with E-state index in [-0.39, 0.29) is 12.3 Å². The average Bonchev–Trinajstić information content (AvgIpc) is 2.99. The van der Waals surface area contributed by atoms with Crippen molar-refractivity contribution in [3.8, 4) is 10.6 Å². The van der Waals surface area contributed by atoms with Gasteiger partial charge in [0.15, 0.2) is 0 Å². The Labute approximate surface area is 161 Å². The zero-order valence-corrected chi connectivity index (χ0v) is 16.8. The third-order valence-electron chi connectivity index (χ3n) is 3.40.